The highest BCUT2D eigenvalue weighted by molar-refractivity contribution is 5.93. The van der Waals surface area contributed by atoms with Gasteiger partial charge in [0.2, 0.25) is 0 Å². The lowest BCUT2D eigenvalue weighted by molar-refractivity contribution is 0.0954. The van der Waals surface area contributed by atoms with Crippen LogP contribution in [0.3, 0.4) is 0 Å². The Balaban J connectivity index is 1.87. The minimum atomic E-state index is -0.0891. The van der Waals surface area contributed by atoms with E-state index in [-0.39, 0.29) is 5.91 Å². The number of carbonyl (C=O) groups is 1. The summed E-state index contributed by atoms with van der Waals surface area (Å²) in [6.45, 7) is 5.34. The van der Waals surface area contributed by atoms with Crippen molar-refractivity contribution in [2.24, 2.45) is 0 Å². The molecule has 0 saturated heterocycles. The molecular formula is C16H21N3O2. The minimum absolute atomic E-state index is 0.0891. The molecule has 2 rings (SSSR count). The summed E-state index contributed by atoms with van der Waals surface area (Å²) >= 11 is 0. The molecule has 1 aromatic carbocycles. The van der Waals surface area contributed by atoms with Crippen molar-refractivity contribution in [2.75, 3.05) is 13.7 Å². The Morgan fingerprint density at radius 2 is 2.24 bits per heavy atom. The molecule has 0 radical (unpaired) electrons. The van der Waals surface area contributed by atoms with Crippen molar-refractivity contribution < 1.29 is 9.53 Å². The van der Waals surface area contributed by atoms with Crippen LogP contribution in [0.15, 0.2) is 30.6 Å². The van der Waals surface area contributed by atoms with Gasteiger partial charge >= 0.3 is 0 Å². The highest BCUT2D eigenvalue weighted by atomic mass is 16.5. The number of methoxy groups -OCH3 is 1. The number of benzene rings is 1. The van der Waals surface area contributed by atoms with Crippen molar-refractivity contribution in [2.45, 2.75) is 26.8 Å². The fourth-order valence-electron chi connectivity index (χ4n) is 2.10. The molecule has 1 aromatic heterocycles. The maximum atomic E-state index is 12.0. The molecule has 0 spiro atoms. The predicted molar refractivity (Wildman–Crippen MR) is 81.7 cm³/mol. The molecule has 0 fully saturated rings. The van der Waals surface area contributed by atoms with Crippen molar-refractivity contribution in [1.29, 1.82) is 0 Å². The molecule has 5 heteroatoms. The second-order valence-corrected chi connectivity index (χ2v) is 4.89. The van der Waals surface area contributed by atoms with E-state index in [1.165, 1.54) is 0 Å². The van der Waals surface area contributed by atoms with E-state index >= 15 is 0 Å². The van der Waals surface area contributed by atoms with Crippen LogP contribution in [0.1, 0.15) is 28.4 Å². The maximum absolute atomic E-state index is 12.0. The number of aryl methyl sites for hydroxylation is 2. The van der Waals surface area contributed by atoms with Crippen LogP contribution in [0.2, 0.25) is 0 Å². The SMILES string of the molecule is CCn1cc(C(=O)NCCc2ccc(C)c(OC)c2)cn1. The molecule has 1 heterocycles. The van der Waals surface area contributed by atoms with E-state index in [2.05, 4.69) is 16.5 Å². The van der Waals surface area contributed by atoms with Gasteiger partial charge in [-0.2, -0.15) is 5.10 Å². The standard InChI is InChI=1S/C16H21N3O2/c1-4-19-11-14(10-18-19)16(20)17-8-7-13-6-5-12(2)15(9-13)21-3/h5-6,9-11H,4,7-8H2,1-3H3,(H,17,20). The summed E-state index contributed by atoms with van der Waals surface area (Å²) in [5.41, 5.74) is 2.85. The monoisotopic (exact) mass is 287 g/mol. The highest BCUT2D eigenvalue weighted by Gasteiger charge is 2.07. The van der Waals surface area contributed by atoms with E-state index in [1.807, 2.05) is 26.0 Å². The van der Waals surface area contributed by atoms with Crippen molar-refractivity contribution in [3.8, 4) is 5.75 Å². The van der Waals surface area contributed by atoms with Gasteiger partial charge < -0.3 is 10.1 Å². The summed E-state index contributed by atoms with van der Waals surface area (Å²) in [6, 6.07) is 6.09. The van der Waals surface area contributed by atoms with Gasteiger partial charge in [0.05, 0.1) is 18.9 Å². The molecule has 2 aromatic rings. The van der Waals surface area contributed by atoms with Gasteiger partial charge in [-0.1, -0.05) is 12.1 Å². The molecule has 0 aliphatic carbocycles. The van der Waals surface area contributed by atoms with Crippen LogP contribution in [0.4, 0.5) is 0 Å². The number of carbonyl (C=O) groups excluding carboxylic acids is 1. The fourth-order valence-corrected chi connectivity index (χ4v) is 2.10. The van der Waals surface area contributed by atoms with Gasteiger partial charge in [-0.3, -0.25) is 9.48 Å². The number of nitrogens with one attached hydrogen (secondary N) is 1. The van der Waals surface area contributed by atoms with E-state index in [4.69, 9.17) is 4.74 Å². The van der Waals surface area contributed by atoms with Crippen molar-refractivity contribution in [3.63, 3.8) is 0 Å². The minimum Gasteiger partial charge on any atom is -0.496 e. The predicted octanol–water partition coefficient (Wildman–Crippen LogP) is 2.19. The molecule has 0 bridgehead atoms. The Morgan fingerprint density at radius 3 is 2.90 bits per heavy atom. The average molecular weight is 287 g/mol. The number of amides is 1. The van der Waals surface area contributed by atoms with Crippen LogP contribution in [-0.2, 0) is 13.0 Å². The lowest BCUT2D eigenvalue weighted by atomic mass is 10.1. The van der Waals surface area contributed by atoms with Gasteiger partial charge in [-0.25, -0.2) is 0 Å². The van der Waals surface area contributed by atoms with Gasteiger partial charge in [0.1, 0.15) is 5.75 Å². The molecule has 0 aliphatic heterocycles. The number of nitrogens with zero attached hydrogens (tertiary/aromatic N) is 2. The third-order valence-corrected chi connectivity index (χ3v) is 3.39. The zero-order valence-electron chi connectivity index (χ0n) is 12.7. The number of hydrogen-bond acceptors (Lipinski definition) is 3. The molecular weight excluding hydrogens is 266 g/mol. The van der Waals surface area contributed by atoms with Crippen LogP contribution in [-0.4, -0.2) is 29.3 Å². The number of aromatic nitrogens is 2. The van der Waals surface area contributed by atoms with Crippen LogP contribution in [0.25, 0.3) is 0 Å². The normalized spacial score (nSPS) is 10.4. The number of hydrogen-bond donors (Lipinski definition) is 1. The van der Waals surface area contributed by atoms with E-state index in [9.17, 15) is 4.79 Å². The van der Waals surface area contributed by atoms with Crippen molar-refractivity contribution in [3.05, 3.63) is 47.3 Å². The summed E-state index contributed by atoms with van der Waals surface area (Å²) in [7, 11) is 1.67. The molecule has 112 valence electrons. The van der Waals surface area contributed by atoms with Crippen molar-refractivity contribution in [1.82, 2.24) is 15.1 Å². The molecule has 21 heavy (non-hydrogen) atoms. The Labute approximate surface area is 124 Å². The number of rotatable bonds is 6. The third-order valence-electron chi connectivity index (χ3n) is 3.39. The van der Waals surface area contributed by atoms with Crippen LogP contribution < -0.4 is 10.1 Å². The molecule has 5 nitrogen and oxygen atoms in total. The summed E-state index contributed by atoms with van der Waals surface area (Å²) in [5, 5.41) is 7.00. The molecule has 0 unspecified atom stereocenters. The summed E-state index contributed by atoms with van der Waals surface area (Å²) in [6.07, 6.45) is 4.11. The van der Waals surface area contributed by atoms with Crippen LogP contribution in [0.5, 0.6) is 5.75 Å². The fraction of sp³-hybridized carbons (Fsp3) is 0.375. The Morgan fingerprint density at radius 1 is 1.43 bits per heavy atom. The molecule has 0 saturated carbocycles. The second-order valence-electron chi connectivity index (χ2n) is 4.89. The molecule has 1 N–H and O–H groups in total. The van der Waals surface area contributed by atoms with Gasteiger partial charge in [0, 0.05) is 19.3 Å². The summed E-state index contributed by atoms with van der Waals surface area (Å²) in [5.74, 6) is 0.789. The Bertz CT molecular complexity index is 620. The lowest BCUT2D eigenvalue weighted by Crippen LogP contribution is -2.25. The largest absolute Gasteiger partial charge is 0.496 e. The van der Waals surface area contributed by atoms with Gasteiger partial charge in [0.25, 0.3) is 5.91 Å². The topological polar surface area (TPSA) is 56.2 Å². The zero-order valence-corrected chi connectivity index (χ0v) is 12.7. The number of ether oxygens (including phenoxy) is 1. The Hall–Kier alpha value is -2.30. The molecule has 0 atom stereocenters. The lowest BCUT2D eigenvalue weighted by Gasteiger charge is -2.08. The highest BCUT2D eigenvalue weighted by Crippen LogP contribution is 2.19. The molecule has 1 amide bonds. The first kappa shape index (κ1) is 15.1. The van der Waals surface area contributed by atoms with Crippen LogP contribution >= 0.6 is 0 Å². The second kappa shape index (κ2) is 6.92. The maximum Gasteiger partial charge on any atom is 0.254 e. The third kappa shape index (κ3) is 3.84. The average Bonchev–Trinajstić information content (AvgIpc) is 2.98. The summed E-state index contributed by atoms with van der Waals surface area (Å²) in [4.78, 5) is 12.0. The molecule has 0 aliphatic rings. The Kier molecular flexibility index (Phi) is 4.98. The van der Waals surface area contributed by atoms with Crippen LogP contribution in [0, 0.1) is 6.92 Å². The van der Waals surface area contributed by atoms with Crippen molar-refractivity contribution >= 4 is 5.91 Å². The van der Waals surface area contributed by atoms with Gasteiger partial charge in [-0.15, -0.1) is 0 Å². The van der Waals surface area contributed by atoms with E-state index in [1.54, 1.807) is 24.2 Å². The zero-order chi connectivity index (χ0) is 15.2. The van der Waals surface area contributed by atoms with Gasteiger partial charge in [-0.05, 0) is 37.5 Å². The summed E-state index contributed by atoms with van der Waals surface area (Å²) < 4.78 is 7.03. The smallest absolute Gasteiger partial charge is 0.254 e. The first-order valence-electron chi connectivity index (χ1n) is 7.08. The van der Waals surface area contributed by atoms with E-state index in [0.717, 1.165) is 29.8 Å². The quantitative estimate of drug-likeness (QED) is 0.886. The van der Waals surface area contributed by atoms with Gasteiger partial charge in [0.15, 0.2) is 0 Å². The first-order chi connectivity index (χ1) is 10.1. The first-order valence-corrected chi connectivity index (χ1v) is 7.08. The van der Waals surface area contributed by atoms with E-state index < -0.39 is 0 Å². The van der Waals surface area contributed by atoms with E-state index in [0.29, 0.717) is 12.1 Å².